The molecular formula is C11H15N5. The van der Waals surface area contributed by atoms with Gasteiger partial charge in [0.2, 0.25) is 0 Å². The van der Waals surface area contributed by atoms with Gasteiger partial charge in [0.15, 0.2) is 11.5 Å². The summed E-state index contributed by atoms with van der Waals surface area (Å²) in [7, 11) is 1.93. The Hall–Kier alpha value is -1.65. The van der Waals surface area contributed by atoms with Gasteiger partial charge in [-0.1, -0.05) is 12.8 Å². The fourth-order valence-electron chi connectivity index (χ4n) is 2.41. The molecule has 5 nitrogen and oxygen atoms in total. The van der Waals surface area contributed by atoms with Gasteiger partial charge in [0, 0.05) is 13.0 Å². The highest BCUT2D eigenvalue weighted by molar-refractivity contribution is 5.81. The van der Waals surface area contributed by atoms with E-state index in [4.69, 9.17) is 5.73 Å². The van der Waals surface area contributed by atoms with E-state index in [1.807, 2.05) is 11.6 Å². The standard InChI is InChI=1S/C11H15N5/c1-16-6-13-8-9(12)14-10(15-11(8)16)7-4-2-3-5-7/h6-7H,2-5H2,1H3,(H2,12,14,15). The molecule has 3 rings (SSSR count). The number of fused-ring (bicyclic) bond motifs is 1. The molecule has 0 aromatic carbocycles. The normalized spacial score (nSPS) is 17.3. The molecule has 0 radical (unpaired) electrons. The quantitative estimate of drug-likeness (QED) is 0.787. The SMILES string of the molecule is Cn1cnc2c(N)nc(C3CCCC3)nc21. The van der Waals surface area contributed by atoms with Gasteiger partial charge < -0.3 is 10.3 Å². The molecule has 2 N–H and O–H groups in total. The summed E-state index contributed by atoms with van der Waals surface area (Å²) >= 11 is 0. The summed E-state index contributed by atoms with van der Waals surface area (Å²) in [5, 5.41) is 0. The lowest BCUT2D eigenvalue weighted by Crippen LogP contribution is -2.05. The maximum atomic E-state index is 5.91. The van der Waals surface area contributed by atoms with Crippen LogP contribution in [-0.2, 0) is 7.05 Å². The number of aromatic nitrogens is 4. The van der Waals surface area contributed by atoms with Crippen LogP contribution < -0.4 is 5.73 Å². The van der Waals surface area contributed by atoms with E-state index in [9.17, 15) is 0 Å². The van der Waals surface area contributed by atoms with E-state index in [0.29, 0.717) is 17.3 Å². The van der Waals surface area contributed by atoms with E-state index in [1.54, 1.807) is 6.33 Å². The van der Waals surface area contributed by atoms with Crippen molar-refractivity contribution in [2.75, 3.05) is 5.73 Å². The van der Waals surface area contributed by atoms with Crippen LogP contribution in [0.5, 0.6) is 0 Å². The molecule has 2 heterocycles. The maximum absolute atomic E-state index is 5.91. The third kappa shape index (κ3) is 1.35. The highest BCUT2D eigenvalue weighted by atomic mass is 15.1. The summed E-state index contributed by atoms with van der Waals surface area (Å²) in [5.41, 5.74) is 7.47. The lowest BCUT2D eigenvalue weighted by molar-refractivity contribution is 0.671. The molecule has 0 spiro atoms. The minimum Gasteiger partial charge on any atom is -0.382 e. The average Bonchev–Trinajstić information content (AvgIpc) is 2.88. The van der Waals surface area contributed by atoms with E-state index in [1.165, 1.54) is 25.7 Å². The summed E-state index contributed by atoms with van der Waals surface area (Å²) in [5.74, 6) is 1.89. The van der Waals surface area contributed by atoms with Crippen molar-refractivity contribution in [1.82, 2.24) is 19.5 Å². The topological polar surface area (TPSA) is 69.6 Å². The number of hydrogen-bond donors (Lipinski definition) is 1. The highest BCUT2D eigenvalue weighted by Crippen LogP contribution is 2.33. The van der Waals surface area contributed by atoms with Crippen LogP contribution >= 0.6 is 0 Å². The predicted octanol–water partition coefficient (Wildman–Crippen LogP) is 1.60. The molecule has 16 heavy (non-hydrogen) atoms. The van der Waals surface area contributed by atoms with Gasteiger partial charge in [0.05, 0.1) is 6.33 Å². The molecule has 1 aliphatic rings. The van der Waals surface area contributed by atoms with Crippen molar-refractivity contribution in [1.29, 1.82) is 0 Å². The van der Waals surface area contributed by atoms with E-state index < -0.39 is 0 Å². The second kappa shape index (κ2) is 3.43. The lowest BCUT2D eigenvalue weighted by Gasteiger charge is -2.08. The molecule has 5 heteroatoms. The Balaban J connectivity index is 2.15. The second-order valence-corrected chi connectivity index (χ2v) is 4.48. The smallest absolute Gasteiger partial charge is 0.165 e. The van der Waals surface area contributed by atoms with Crippen LogP contribution in [0.2, 0.25) is 0 Å². The largest absolute Gasteiger partial charge is 0.382 e. The summed E-state index contributed by atoms with van der Waals surface area (Å²) in [6.07, 6.45) is 6.65. The summed E-state index contributed by atoms with van der Waals surface area (Å²) in [6, 6.07) is 0. The summed E-state index contributed by atoms with van der Waals surface area (Å²) in [6.45, 7) is 0. The Morgan fingerprint density at radius 1 is 1.31 bits per heavy atom. The zero-order valence-electron chi connectivity index (χ0n) is 9.35. The van der Waals surface area contributed by atoms with Crippen LogP contribution in [0.3, 0.4) is 0 Å². The molecule has 0 saturated heterocycles. The molecular weight excluding hydrogens is 202 g/mol. The Morgan fingerprint density at radius 3 is 2.81 bits per heavy atom. The second-order valence-electron chi connectivity index (χ2n) is 4.48. The zero-order chi connectivity index (χ0) is 11.1. The fourth-order valence-corrected chi connectivity index (χ4v) is 2.41. The van der Waals surface area contributed by atoms with Gasteiger partial charge in [-0.3, -0.25) is 0 Å². The Morgan fingerprint density at radius 2 is 2.06 bits per heavy atom. The Bertz CT molecular complexity index is 524. The van der Waals surface area contributed by atoms with Crippen molar-refractivity contribution in [3.8, 4) is 0 Å². The van der Waals surface area contributed by atoms with Crippen LogP contribution in [0, 0.1) is 0 Å². The first kappa shape index (κ1) is 9.57. The number of rotatable bonds is 1. The fraction of sp³-hybridized carbons (Fsp3) is 0.545. The van der Waals surface area contributed by atoms with Crippen LogP contribution in [0.1, 0.15) is 37.4 Å². The Kier molecular flexibility index (Phi) is 2.05. The van der Waals surface area contributed by atoms with Crippen LogP contribution in [-0.4, -0.2) is 19.5 Å². The molecule has 0 unspecified atom stereocenters. The number of nitrogens with two attached hydrogens (primary N) is 1. The third-order valence-electron chi connectivity index (χ3n) is 3.32. The summed E-state index contributed by atoms with van der Waals surface area (Å²) in [4.78, 5) is 13.2. The monoisotopic (exact) mass is 217 g/mol. The van der Waals surface area contributed by atoms with Gasteiger partial charge in [0.1, 0.15) is 11.3 Å². The zero-order valence-corrected chi connectivity index (χ0v) is 9.35. The van der Waals surface area contributed by atoms with Gasteiger partial charge >= 0.3 is 0 Å². The van der Waals surface area contributed by atoms with E-state index >= 15 is 0 Å². The molecule has 1 fully saturated rings. The number of aryl methyl sites for hydroxylation is 1. The molecule has 84 valence electrons. The molecule has 0 bridgehead atoms. The first-order valence-corrected chi connectivity index (χ1v) is 5.70. The number of hydrogen-bond acceptors (Lipinski definition) is 4. The van der Waals surface area contributed by atoms with Crippen molar-refractivity contribution >= 4 is 17.0 Å². The lowest BCUT2D eigenvalue weighted by atomic mass is 10.1. The number of anilines is 1. The molecule has 0 atom stereocenters. The summed E-state index contributed by atoms with van der Waals surface area (Å²) < 4.78 is 1.89. The van der Waals surface area contributed by atoms with E-state index in [2.05, 4.69) is 15.0 Å². The first-order chi connectivity index (χ1) is 7.75. The Labute approximate surface area is 93.7 Å². The number of imidazole rings is 1. The van der Waals surface area contributed by atoms with Crippen LogP contribution in [0.25, 0.3) is 11.2 Å². The van der Waals surface area contributed by atoms with Gasteiger partial charge in [-0.2, -0.15) is 0 Å². The molecule has 1 aliphatic carbocycles. The van der Waals surface area contributed by atoms with Crippen LogP contribution in [0.15, 0.2) is 6.33 Å². The maximum Gasteiger partial charge on any atom is 0.165 e. The average molecular weight is 217 g/mol. The van der Waals surface area contributed by atoms with E-state index in [0.717, 1.165) is 11.5 Å². The van der Waals surface area contributed by atoms with Gasteiger partial charge in [0.25, 0.3) is 0 Å². The van der Waals surface area contributed by atoms with Crippen molar-refractivity contribution < 1.29 is 0 Å². The predicted molar refractivity (Wildman–Crippen MR) is 61.9 cm³/mol. The molecule has 0 aliphatic heterocycles. The van der Waals surface area contributed by atoms with Gasteiger partial charge in [-0.15, -0.1) is 0 Å². The van der Waals surface area contributed by atoms with Crippen molar-refractivity contribution in [3.05, 3.63) is 12.2 Å². The van der Waals surface area contributed by atoms with Gasteiger partial charge in [-0.25, -0.2) is 15.0 Å². The van der Waals surface area contributed by atoms with Crippen molar-refractivity contribution in [3.63, 3.8) is 0 Å². The van der Waals surface area contributed by atoms with Crippen LogP contribution in [0.4, 0.5) is 5.82 Å². The molecule has 2 aromatic rings. The minimum atomic E-state index is 0.488. The van der Waals surface area contributed by atoms with E-state index in [-0.39, 0.29) is 0 Å². The van der Waals surface area contributed by atoms with Crippen molar-refractivity contribution in [2.45, 2.75) is 31.6 Å². The molecule has 2 aromatic heterocycles. The third-order valence-corrected chi connectivity index (χ3v) is 3.32. The number of nitrogens with zero attached hydrogens (tertiary/aromatic N) is 4. The highest BCUT2D eigenvalue weighted by Gasteiger charge is 2.21. The van der Waals surface area contributed by atoms with Crippen molar-refractivity contribution in [2.24, 2.45) is 7.05 Å². The first-order valence-electron chi connectivity index (χ1n) is 5.70. The number of nitrogen functional groups attached to an aromatic ring is 1. The molecule has 1 saturated carbocycles. The van der Waals surface area contributed by atoms with Gasteiger partial charge in [-0.05, 0) is 12.8 Å². The minimum absolute atomic E-state index is 0.488. The molecule has 0 amide bonds.